The van der Waals surface area contributed by atoms with E-state index in [1.807, 2.05) is 24.0 Å². The Morgan fingerprint density at radius 3 is 2.47 bits per heavy atom. The molecule has 0 aromatic heterocycles. The number of Topliss-reactive ketones (excluding diaryl/α,β-unsaturated/α-hetero) is 1. The molecular formula is C28H19ClN4O3. The smallest absolute Gasteiger partial charge is 0.269 e. The van der Waals surface area contributed by atoms with Crippen LogP contribution in [0.1, 0.15) is 33.0 Å². The van der Waals surface area contributed by atoms with Crippen LogP contribution >= 0.6 is 11.6 Å². The normalized spacial score (nSPS) is 21.1. The molecule has 3 atom stereocenters. The number of anilines is 1. The largest absolute Gasteiger partial charge is 0.351 e. The van der Waals surface area contributed by atoms with Crippen molar-refractivity contribution in [3.05, 3.63) is 110 Å². The van der Waals surface area contributed by atoms with Gasteiger partial charge in [0.05, 0.1) is 23.1 Å². The van der Waals surface area contributed by atoms with Crippen molar-refractivity contribution in [1.29, 1.82) is 10.5 Å². The number of non-ortho nitro benzene ring substituents is 1. The maximum Gasteiger partial charge on any atom is 0.269 e. The van der Waals surface area contributed by atoms with E-state index in [1.54, 1.807) is 48.6 Å². The molecule has 5 rings (SSSR count). The third kappa shape index (κ3) is 3.45. The molecule has 0 bridgehead atoms. The first kappa shape index (κ1) is 23.3. The third-order valence-corrected chi connectivity index (χ3v) is 7.25. The maximum atomic E-state index is 14.2. The number of carbonyl (C=O) groups excluding carboxylic acids is 1. The van der Waals surface area contributed by atoms with Gasteiger partial charge < -0.3 is 4.90 Å². The highest BCUT2D eigenvalue weighted by molar-refractivity contribution is 6.30. The molecule has 1 saturated heterocycles. The number of hydrogen-bond acceptors (Lipinski definition) is 6. The molecule has 1 fully saturated rings. The highest BCUT2D eigenvalue weighted by Crippen LogP contribution is 2.56. The number of halogens is 1. The van der Waals surface area contributed by atoms with Crippen molar-refractivity contribution in [2.75, 3.05) is 4.90 Å². The zero-order valence-electron chi connectivity index (χ0n) is 19.1. The molecule has 0 N–H and O–H groups in total. The number of nitriles is 2. The lowest BCUT2D eigenvalue weighted by atomic mass is 9.69. The van der Waals surface area contributed by atoms with Crippen LogP contribution in [0, 0.1) is 45.1 Å². The van der Waals surface area contributed by atoms with E-state index < -0.39 is 28.3 Å². The second-order valence-corrected chi connectivity index (χ2v) is 9.45. The lowest BCUT2D eigenvalue weighted by molar-refractivity contribution is -0.384. The number of nitrogens with zero attached hydrogens (tertiary/aromatic N) is 4. The Labute approximate surface area is 212 Å². The fraction of sp³-hybridized carbons (Fsp3) is 0.179. The van der Waals surface area contributed by atoms with Crippen LogP contribution in [0.2, 0.25) is 5.02 Å². The molecule has 0 amide bonds. The van der Waals surface area contributed by atoms with Crippen LogP contribution in [0.5, 0.6) is 0 Å². The van der Waals surface area contributed by atoms with Gasteiger partial charge >= 0.3 is 0 Å². The van der Waals surface area contributed by atoms with Gasteiger partial charge in [0.2, 0.25) is 0 Å². The predicted molar refractivity (Wildman–Crippen MR) is 136 cm³/mol. The number of benzene rings is 3. The SMILES string of the molecule is Cc1ccc(C(=O)[C@@H]2[C@@H](c3cccc([N+](=O)[O-])c3)C(C#N)(C#N)[C@@H]3C=Cc4cc(Cl)ccc4N23)cc1. The summed E-state index contributed by atoms with van der Waals surface area (Å²) < 4.78 is 0. The van der Waals surface area contributed by atoms with Crippen molar-refractivity contribution in [3.63, 3.8) is 0 Å². The number of carbonyl (C=O) groups is 1. The number of nitro groups is 1. The summed E-state index contributed by atoms with van der Waals surface area (Å²) in [5, 5.41) is 33.0. The molecule has 2 heterocycles. The Kier molecular flexibility index (Phi) is 5.59. The Hall–Kier alpha value is -4.46. The number of nitro benzene ring substituents is 1. The van der Waals surface area contributed by atoms with E-state index in [0.29, 0.717) is 21.8 Å². The first-order valence-corrected chi connectivity index (χ1v) is 11.6. The monoisotopic (exact) mass is 494 g/mol. The number of rotatable bonds is 4. The average Bonchev–Trinajstić information content (AvgIpc) is 3.19. The van der Waals surface area contributed by atoms with Gasteiger partial charge in [-0.25, -0.2) is 0 Å². The zero-order valence-corrected chi connectivity index (χ0v) is 19.9. The van der Waals surface area contributed by atoms with E-state index in [-0.39, 0.29) is 11.5 Å². The average molecular weight is 495 g/mol. The molecule has 0 spiro atoms. The first-order valence-electron chi connectivity index (χ1n) is 11.2. The first-order chi connectivity index (χ1) is 17.3. The van der Waals surface area contributed by atoms with Gasteiger partial charge in [-0.2, -0.15) is 10.5 Å². The summed E-state index contributed by atoms with van der Waals surface area (Å²) >= 11 is 6.22. The highest BCUT2D eigenvalue weighted by atomic mass is 35.5. The maximum absolute atomic E-state index is 14.2. The summed E-state index contributed by atoms with van der Waals surface area (Å²) in [5.41, 5.74) is 1.35. The Morgan fingerprint density at radius 1 is 1.08 bits per heavy atom. The van der Waals surface area contributed by atoms with Gasteiger partial charge in [0.15, 0.2) is 11.2 Å². The Morgan fingerprint density at radius 2 is 1.81 bits per heavy atom. The lowest BCUT2D eigenvalue weighted by Crippen LogP contribution is -2.44. The van der Waals surface area contributed by atoms with Gasteiger partial charge in [0, 0.05) is 34.3 Å². The second-order valence-electron chi connectivity index (χ2n) is 9.01. The van der Waals surface area contributed by atoms with Crippen LogP contribution in [0.4, 0.5) is 11.4 Å². The molecule has 176 valence electrons. The van der Waals surface area contributed by atoms with Crippen molar-refractivity contribution >= 4 is 34.8 Å². The summed E-state index contributed by atoms with van der Waals surface area (Å²) in [6.45, 7) is 1.91. The molecule has 3 aromatic carbocycles. The van der Waals surface area contributed by atoms with Crippen LogP contribution < -0.4 is 4.90 Å². The molecule has 0 radical (unpaired) electrons. The predicted octanol–water partition coefficient (Wildman–Crippen LogP) is 5.84. The molecule has 0 saturated carbocycles. The second kappa shape index (κ2) is 8.64. The van der Waals surface area contributed by atoms with Gasteiger partial charge in [-0.15, -0.1) is 0 Å². The Balaban J connectivity index is 1.79. The van der Waals surface area contributed by atoms with Crippen LogP contribution in [0.3, 0.4) is 0 Å². The summed E-state index contributed by atoms with van der Waals surface area (Å²) in [4.78, 5) is 27.0. The van der Waals surface area contributed by atoms with Crippen molar-refractivity contribution in [2.24, 2.45) is 5.41 Å². The van der Waals surface area contributed by atoms with E-state index in [0.717, 1.165) is 11.1 Å². The van der Waals surface area contributed by atoms with Crippen LogP contribution in [-0.4, -0.2) is 22.8 Å². The quantitative estimate of drug-likeness (QED) is 0.256. The summed E-state index contributed by atoms with van der Waals surface area (Å²) in [6.07, 6.45) is 3.55. The summed E-state index contributed by atoms with van der Waals surface area (Å²) in [7, 11) is 0. The number of hydrogen-bond donors (Lipinski definition) is 0. The van der Waals surface area contributed by atoms with Gasteiger partial charge in [0.1, 0.15) is 6.04 Å². The number of ketones is 1. The lowest BCUT2D eigenvalue weighted by Gasteiger charge is -2.35. The van der Waals surface area contributed by atoms with Crippen molar-refractivity contribution in [3.8, 4) is 12.1 Å². The van der Waals surface area contributed by atoms with Gasteiger partial charge in [0.25, 0.3) is 5.69 Å². The van der Waals surface area contributed by atoms with E-state index in [4.69, 9.17) is 11.6 Å². The molecular weight excluding hydrogens is 476 g/mol. The minimum Gasteiger partial charge on any atom is -0.351 e. The molecule has 0 unspecified atom stereocenters. The molecule has 7 nitrogen and oxygen atoms in total. The van der Waals surface area contributed by atoms with Crippen LogP contribution in [0.25, 0.3) is 6.08 Å². The highest BCUT2D eigenvalue weighted by Gasteiger charge is 2.63. The Bertz CT molecular complexity index is 1500. The molecule has 8 heteroatoms. The fourth-order valence-electron chi connectivity index (χ4n) is 5.36. The summed E-state index contributed by atoms with van der Waals surface area (Å²) in [6, 6.07) is 20.9. The van der Waals surface area contributed by atoms with Crippen molar-refractivity contribution < 1.29 is 9.72 Å². The van der Waals surface area contributed by atoms with Crippen LogP contribution in [-0.2, 0) is 0 Å². The molecule has 36 heavy (non-hydrogen) atoms. The van der Waals surface area contributed by atoms with E-state index in [9.17, 15) is 25.4 Å². The van der Waals surface area contributed by atoms with Gasteiger partial charge in [-0.3, -0.25) is 14.9 Å². The van der Waals surface area contributed by atoms with Crippen molar-refractivity contribution in [1.82, 2.24) is 0 Å². The topological polar surface area (TPSA) is 111 Å². The molecule has 0 aliphatic carbocycles. The van der Waals surface area contributed by atoms with Crippen LogP contribution in [0.15, 0.2) is 72.8 Å². The van der Waals surface area contributed by atoms with E-state index in [1.165, 1.54) is 18.2 Å². The summed E-state index contributed by atoms with van der Waals surface area (Å²) in [5.74, 6) is -1.24. The minimum atomic E-state index is -1.69. The molecule has 2 aliphatic rings. The third-order valence-electron chi connectivity index (χ3n) is 7.01. The van der Waals surface area contributed by atoms with Gasteiger partial charge in [-0.05, 0) is 36.2 Å². The van der Waals surface area contributed by atoms with E-state index in [2.05, 4.69) is 12.1 Å². The van der Waals surface area contributed by atoms with Crippen molar-refractivity contribution in [2.45, 2.75) is 24.9 Å². The minimum absolute atomic E-state index is 0.175. The van der Waals surface area contributed by atoms with Gasteiger partial charge in [-0.1, -0.05) is 65.7 Å². The zero-order chi connectivity index (χ0) is 25.6. The fourth-order valence-corrected chi connectivity index (χ4v) is 5.54. The standard InChI is InChI=1S/C28H19ClN4O3/c1-17-5-7-18(8-6-17)27(34)26-25(20-3-2-4-22(14-20)33(35)36)28(15-30,16-31)24-12-9-19-13-21(29)10-11-23(19)32(24)26/h2-14,24-26H,1H3/t24-,25+,26-/m0/s1. The number of fused-ring (bicyclic) bond motifs is 3. The molecule has 2 aliphatic heterocycles. The number of aryl methyl sites for hydroxylation is 1. The molecule has 3 aromatic rings. The van der Waals surface area contributed by atoms with E-state index >= 15 is 0 Å².